The zero-order valence-electron chi connectivity index (χ0n) is 11.3. The summed E-state index contributed by atoms with van der Waals surface area (Å²) in [4.78, 5) is 22.3. The number of hydrogen-bond acceptors (Lipinski definition) is 4. The standard InChI is InChI=1S/C14H18ClN3O2/c15-11-7-16-14(17-8-11)20-12-5-6-18(9-12)13(19)10-3-1-2-4-10/h7-8,10,12H,1-6,9H2. The van der Waals surface area contributed by atoms with Gasteiger partial charge < -0.3 is 9.64 Å². The lowest BCUT2D eigenvalue weighted by molar-refractivity contribution is -0.134. The molecule has 0 aromatic carbocycles. The lowest BCUT2D eigenvalue weighted by atomic mass is 10.1. The average molecular weight is 296 g/mol. The summed E-state index contributed by atoms with van der Waals surface area (Å²) in [5, 5.41) is 0.488. The molecule has 2 aliphatic rings. The molecule has 0 spiro atoms. The Labute approximate surface area is 123 Å². The molecule has 1 unspecified atom stereocenters. The second-order valence-electron chi connectivity index (χ2n) is 5.48. The van der Waals surface area contributed by atoms with Crippen LogP contribution < -0.4 is 4.74 Å². The van der Waals surface area contributed by atoms with Crippen molar-refractivity contribution < 1.29 is 9.53 Å². The van der Waals surface area contributed by atoms with E-state index in [1.807, 2.05) is 4.90 Å². The molecular formula is C14H18ClN3O2. The lowest BCUT2D eigenvalue weighted by Gasteiger charge is -2.20. The predicted molar refractivity (Wildman–Crippen MR) is 74.6 cm³/mol. The van der Waals surface area contributed by atoms with Crippen LogP contribution in [-0.2, 0) is 4.79 Å². The number of halogens is 1. The Morgan fingerprint density at radius 1 is 1.25 bits per heavy atom. The fourth-order valence-corrected chi connectivity index (χ4v) is 3.06. The molecule has 108 valence electrons. The van der Waals surface area contributed by atoms with Crippen LogP contribution in [0.2, 0.25) is 5.02 Å². The first-order chi connectivity index (χ1) is 9.72. The van der Waals surface area contributed by atoms with Crippen LogP contribution in [0.4, 0.5) is 0 Å². The quantitative estimate of drug-likeness (QED) is 0.858. The summed E-state index contributed by atoms with van der Waals surface area (Å²) in [5.74, 6) is 0.533. The summed E-state index contributed by atoms with van der Waals surface area (Å²) >= 11 is 5.73. The van der Waals surface area contributed by atoms with E-state index in [-0.39, 0.29) is 12.0 Å². The third-order valence-electron chi connectivity index (χ3n) is 4.03. The summed E-state index contributed by atoms with van der Waals surface area (Å²) < 4.78 is 5.70. The number of nitrogens with zero attached hydrogens (tertiary/aromatic N) is 3. The lowest BCUT2D eigenvalue weighted by Crippen LogP contribution is -2.35. The van der Waals surface area contributed by atoms with E-state index in [0.29, 0.717) is 23.5 Å². The van der Waals surface area contributed by atoms with E-state index >= 15 is 0 Å². The summed E-state index contributed by atoms with van der Waals surface area (Å²) in [6.45, 7) is 1.41. The molecule has 1 aliphatic carbocycles. The molecule has 0 radical (unpaired) electrons. The molecule has 1 aromatic heterocycles. The van der Waals surface area contributed by atoms with Gasteiger partial charge in [0.15, 0.2) is 0 Å². The van der Waals surface area contributed by atoms with Crippen LogP contribution in [0.5, 0.6) is 6.01 Å². The molecule has 0 N–H and O–H groups in total. The zero-order chi connectivity index (χ0) is 13.9. The van der Waals surface area contributed by atoms with Crippen molar-refractivity contribution in [2.24, 2.45) is 5.92 Å². The van der Waals surface area contributed by atoms with E-state index in [1.54, 1.807) is 0 Å². The molecule has 2 fully saturated rings. The van der Waals surface area contributed by atoms with E-state index in [0.717, 1.165) is 25.8 Å². The summed E-state index contributed by atoms with van der Waals surface area (Å²) in [5.41, 5.74) is 0. The minimum Gasteiger partial charge on any atom is -0.458 e. The van der Waals surface area contributed by atoms with E-state index in [9.17, 15) is 4.79 Å². The van der Waals surface area contributed by atoms with Crippen molar-refractivity contribution in [3.8, 4) is 6.01 Å². The smallest absolute Gasteiger partial charge is 0.316 e. The molecule has 1 aromatic rings. The Bertz CT molecular complexity index is 474. The van der Waals surface area contributed by atoms with Crippen LogP contribution in [0.3, 0.4) is 0 Å². The fraction of sp³-hybridized carbons (Fsp3) is 0.643. The van der Waals surface area contributed by atoms with Gasteiger partial charge >= 0.3 is 6.01 Å². The predicted octanol–water partition coefficient (Wildman–Crippen LogP) is 2.30. The van der Waals surface area contributed by atoms with E-state index < -0.39 is 0 Å². The Morgan fingerprint density at radius 3 is 2.65 bits per heavy atom. The van der Waals surface area contributed by atoms with Gasteiger partial charge in [0.1, 0.15) is 6.10 Å². The molecular weight excluding hydrogens is 278 g/mol. The molecule has 2 heterocycles. The highest BCUT2D eigenvalue weighted by molar-refractivity contribution is 6.30. The van der Waals surface area contributed by atoms with Gasteiger partial charge in [-0.3, -0.25) is 4.79 Å². The van der Waals surface area contributed by atoms with Crippen molar-refractivity contribution in [2.45, 2.75) is 38.2 Å². The average Bonchev–Trinajstić information content (AvgIpc) is 3.12. The second-order valence-corrected chi connectivity index (χ2v) is 5.91. The fourth-order valence-electron chi connectivity index (χ4n) is 2.97. The number of carbonyl (C=O) groups is 1. The summed E-state index contributed by atoms with van der Waals surface area (Å²) in [6, 6.07) is 0.328. The molecule has 6 heteroatoms. The topological polar surface area (TPSA) is 55.3 Å². The Kier molecular flexibility index (Phi) is 4.05. The van der Waals surface area contributed by atoms with Crippen LogP contribution in [0.25, 0.3) is 0 Å². The normalized spacial score (nSPS) is 23.2. The van der Waals surface area contributed by atoms with Crippen LogP contribution in [0.15, 0.2) is 12.4 Å². The first-order valence-electron chi connectivity index (χ1n) is 7.15. The molecule has 20 heavy (non-hydrogen) atoms. The van der Waals surface area contributed by atoms with Crippen molar-refractivity contribution in [2.75, 3.05) is 13.1 Å². The van der Waals surface area contributed by atoms with Crippen LogP contribution in [-0.4, -0.2) is 40.0 Å². The molecule has 1 amide bonds. The highest BCUT2D eigenvalue weighted by Crippen LogP contribution is 2.28. The monoisotopic (exact) mass is 295 g/mol. The largest absolute Gasteiger partial charge is 0.458 e. The Hall–Kier alpha value is -1.36. The van der Waals surface area contributed by atoms with E-state index in [4.69, 9.17) is 16.3 Å². The molecule has 1 atom stereocenters. The van der Waals surface area contributed by atoms with Crippen molar-refractivity contribution in [3.05, 3.63) is 17.4 Å². The van der Waals surface area contributed by atoms with Crippen molar-refractivity contribution in [3.63, 3.8) is 0 Å². The maximum atomic E-state index is 12.3. The Balaban J connectivity index is 1.54. The van der Waals surface area contributed by atoms with E-state index in [2.05, 4.69) is 9.97 Å². The number of ether oxygens (including phenoxy) is 1. The first-order valence-corrected chi connectivity index (χ1v) is 7.53. The number of likely N-dealkylation sites (tertiary alicyclic amines) is 1. The highest BCUT2D eigenvalue weighted by Gasteiger charge is 2.33. The van der Waals surface area contributed by atoms with Crippen molar-refractivity contribution in [1.29, 1.82) is 0 Å². The summed E-state index contributed by atoms with van der Waals surface area (Å²) in [7, 11) is 0. The van der Waals surface area contributed by atoms with E-state index in [1.165, 1.54) is 25.2 Å². The van der Waals surface area contributed by atoms with Gasteiger partial charge in [0, 0.05) is 18.9 Å². The number of amides is 1. The Morgan fingerprint density at radius 2 is 1.95 bits per heavy atom. The number of rotatable bonds is 3. The molecule has 1 saturated carbocycles. The van der Waals surface area contributed by atoms with Gasteiger partial charge in [-0.1, -0.05) is 24.4 Å². The SMILES string of the molecule is O=C(C1CCCC1)N1CCC(Oc2ncc(Cl)cn2)C1. The van der Waals surface area contributed by atoms with Crippen LogP contribution in [0.1, 0.15) is 32.1 Å². The van der Waals surface area contributed by atoms with Gasteiger partial charge in [-0.05, 0) is 12.8 Å². The molecule has 0 bridgehead atoms. The van der Waals surface area contributed by atoms with Gasteiger partial charge in [0.2, 0.25) is 5.91 Å². The molecule has 1 aliphatic heterocycles. The highest BCUT2D eigenvalue weighted by atomic mass is 35.5. The molecule has 3 rings (SSSR count). The second kappa shape index (κ2) is 5.95. The number of carbonyl (C=O) groups excluding carboxylic acids is 1. The first kappa shape index (κ1) is 13.6. The third kappa shape index (κ3) is 3.03. The maximum absolute atomic E-state index is 12.3. The minimum atomic E-state index is -0.0125. The van der Waals surface area contributed by atoms with Crippen LogP contribution in [0, 0.1) is 5.92 Å². The van der Waals surface area contributed by atoms with Crippen LogP contribution >= 0.6 is 11.6 Å². The third-order valence-corrected chi connectivity index (χ3v) is 4.22. The molecule has 5 nitrogen and oxygen atoms in total. The van der Waals surface area contributed by atoms with Gasteiger partial charge in [-0.15, -0.1) is 0 Å². The van der Waals surface area contributed by atoms with Gasteiger partial charge in [0.05, 0.1) is 24.0 Å². The zero-order valence-corrected chi connectivity index (χ0v) is 12.1. The van der Waals surface area contributed by atoms with Crippen molar-refractivity contribution in [1.82, 2.24) is 14.9 Å². The molecule has 1 saturated heterocycles. The minimum absolute atomic E-state index is 0.0125. The van der Waals surface area contributed by atoms with Gasteiger partial charge in [-0.25, -0.2) is 9.97 Å². The number of hydrogen-bond donors (Lipinski definition) is 0. The van der Waals surface area contributed by atoms with Gasteiger partial charge in [0.25, 0.3) is 0 Å². The number of aromatic nitrogens is 2. The maximum Gasteiger partial charge on any atom is 0.316 e. The van der Waals surface area contributed by atoms with Gasteiger partial charge in [-0.2, -0.15) is 0 Å². The summed E-state index contributed by atoms with van der Waals surface area (Å²) in [6.07, 6.45) is 8.31. The van der Waals surface area contributed by atoms with Crippen molar-refractivity contribution >= 4 is 17.5 Å².